The zero-order chi connectivity index (χ0) is 62.0. The van der Waals surface area contributed by atoms with Crippen molar-refractivity contribution in [3.8, 4) is 0 Å². The summed E-state index contributed by atoms with van der Waals surface area (Å²) < 4.78 is 88.2. The molecule has 15 atom stereocenters. The van der Waals surface area contributed by atoms with Gasteiger partial charge in [0.1, 0.15) is 55.4 Å². The van der Waals surface area contributed by atoms with Crippen LogP contribution < -0.4 is 5.32 Å². The highest BCUT2D eigenvalue weighted by Gasteiger charge is 2.59. The van der Waals surface area contributed by atoms with Crippen LogP contribution in [-0.2, 0) is 112 Å². The van der Waals surface area contributed by atoms with Crippen molar-refractivity contribution in [2.75, 3.05) is 13.2 Å². The van der Waals surface area contributed by atoms with Gasteiger partial charge in [-0.15, -0.1) is 0 Å². The molecule has 1 amide bonds. The SMILES string of the molecule is CC(=O)N[C@H]1[C@@H](O[C@@H]2[C@@H](OCc3ccccc3)[C@H](C)O[C@@H](OC(=N)C(Cl)(Cl)Cl)[C@@H]2OC(=O)c2ccccc2)O[C@H](COC(C)=O)[C@@H](OC(C)=O)[C@@H]1O[C@H]1O[C@H](COCc2ccccc2)[C@@H](OCc2ccccc2)[C@H](OCc2ccccc2)[C@H]1OC(C)=O. The Kier molecular flexibility index (Phi) is 24.5. The van der Waals surface area contributed by atoms with Crippen LogP contribution in [0.4, 0.5) is 0 Å². The van der Waals surface area contributed by atoms with Crippen molar-refractivity contribution in [1.82, 2.24) is 5.32 Å². The molecular formula is C63H69Cl3N2O19. The van der Waals surface area contributed by atoms with E-state index in [0.717, 1.165) is 30.5 Å². The van der Waals surface area contributed by atoms with E-state index in [2.05, 4.69) is 5.32 Å². The topological polar surface area (TPSA) is 250 Å². The molecule has 466 valence electrons. The Labute approximate surface area is 518 Å². The largest absolute Gasteiger partial charge is 0.463 e. The van der Waals surface area contributed by atoms with E-state index in [1.54, 1.807) is 37.3 Å². The van der Waals surface area contributed by atoms with Crippen LogP contribution in [0.2, 0.25) is 0 Å². The normalized spacial score (nSPS) is 27.2. The smallest absolute Gasteiger partial charge is 0.338 e. The molecule has 3 aliphatic rings. The molecule has 0 aromatic heterocycles. The summed E-state index contributed by atoms with van der Waals surface area (Å²) in [6.07, 6.45) is -20.6. The van der Waals surface area contributed by atoms with Gasteiger partial charge in [0.25, 0.3) is 3.79 Å². The first kappa shape index (κ1) is 66.4. The minimum absolute atomic E-state index is 0.0279. The molecule has 0 radical (unpaired) electrons. The third-order valence-corrected chi connectivity index (χ3v) is 14.5. The van der Waals surface area contributed by atoms with Crippen molar-refractivity contribution < 1.29 is 90.3 Å². The van der Waals surface area contributed by atoms with Gasteiger partial charge in [0.15, 0.2) is 30.9 Å². The molecule has 0 aliphatic carbocycles. The number of hydrogen-bond donors (Lipinski definition) is 2. The fraction of sp³-hybridized carbons (Fsp3) is 0.429. The summed E-state index contributed by atoms with van der Waals surface area (Å²) in [5.74, 6) is -4.95. The van der Waals surface area contributed by atoms with Gasteiger partial charge in [0.2, 0.25) is 18.1 Å². The Hall–Kier alpha value is -6.57. The third-order valence-electron chi connectivity index (χ3n) is 14.0. The molecule has 87 heavy (non-hydrogen) atoms. The van der Waals surface area contributed by atoms with Crippen LogP contribution in [0.1, 0.15) is 67.2 Å². The van der Waals surface area contributed by atoms with E-state index in [1.165, 1.54) is 26.0 Å². The highest BCUT2D eigenvalue weighted by molar-refractivity contribution is 6.76. The van der Waals surface area contributed by atoms with E-state index < -0.39 is 138 Å². The molecule has 8 rings (SSSR count). The Morgan fingerprint density at radius 1 is 0.471 bits per heavy atom. The van der Waals surface area contributed by atoms with Crippen molar-refractivity contribution in [3.05, 3.63) is 179 Å². The van der Waals surface area contributed by atoms with Gasteiger partial charge in [-0.25, -0.2) is 4.79 Å². The first-order valence-corrected chi connectivity index (χ1v) is 29.1. The summed E-state index contributed by atoms with van der Waals surface area (Å²) in [6.45, 7) is 5.55. The van der Waals surface area contributed by atoms with Gasteiger partial charge in [-0.2, -0.15) is 0 Å². The summed E-state index contributed by atoms with van der Waals surface area (Å²) in [6, 6.07) is 43.3. The lowest BCUT2D eigenvalue weighted by Crippen LogP contribution is -2.70. The van der Waals surface area contributed by atoms with Crippen molar-refractivity contribution in [2.45, 2.75) is 157 Å². The second-order valence-electron chi connectivity index (χ2n) is 20.6. The lowest BCUT2D eigenvalue weighted by atomic mass is 9.93. The number of amides is 1. The predicted molar refractivity (Wildman–Crippen MR) is 313 cm³/mol. The van der Waals surface area contributed by atoms with Gasteiger partial charge < -0.3 is 71.6 Å². The van der Waals surface area contributed by atoms with Gasteiger partial charge in [0.05, 0.1) is 44.7 Å². The maximum atomic E-state index is 14.3. The van der Waals surface area contributed by atoms with Crippen molar-refractivity contribution >= 4 is 70.5 Å². The highest BCUT2D eigenvalue weighted by atomic mass is 35.6. The maximum Gasteiger partial charge on any atom is 0.338 e. The minimum atomic E-state index is -2.45. The van der Waals surface area contributed by atoms with Crippen LogP contribution in [0.25, 0.3) is 0 Å². The molecule has 0 unspecified atom stereocenters. The molecule has 2 N–H and O–H groups in total. The van der Waals surface area contributed by atoms with Gasteiger partial charge in [-0.05, 0) is 41.3 Å². The predicted octanol–water partition coefficient (Wildman–Crippen LogP) is 8.45. The second kappa shape index (κ2) is 32.1. The van der Waals surface area contributed by atoms with E-state index >= 15 is 0 Å². The van der Waals surface area contributed by atoms with Crippen molar-refractivity contribution in [1.29, 1.82) is 5.41 Å². The number of carbonyl (C=O) groups excluding carboxylic acids is 5. The van der Waals surface area contributed by atoms with Gasteiger partial charge in [-0.3, -0.25) is 24.6 Å². The molecule has 3 aliphatic heterocycles. The number of alkyl halides is 3. The molecule has 3 fully saturated rings. The summed E-state index contributed by atoms with van der Waals surface area (Å²) in [4.78, 5) is 67.8. The molecule has 0 bridgehead atoms. The van der Waals surface area contributed by atoms with Gasteiger partial charge in [0, 0.05) is 27.7 Å². The van der Waals surface area contributed by atoms with Gasteiger partial charge >= 0.3 is 23.9 Å². The van der Waals surface area contributed by atoms with E-state index in [4.69, 9.17) is 107 Å². The quantitative estimate of drug-likeness (QED) is 0.0183. The number of halogens is 3. The fourth-order valence-electron chi connectivity index (χ4n) is 10.1. The number of nitrogens with one attached hydrogen (secondary N) is 2. The number of hydrogen-bond acceptors (Lipinski definition) is 20. The lowest BCUT2D eigenvalue weighted by molar-refractivity contribution is -0.368. The van der Waals surface area contributed by atoms with Crippen LogP contribution in [0, 0.1) is 5.41 Å². The molecular weight excluding hydrogens is 1200 g/mol. The molecule has 3 saturated heterocycles. The van der Waals surface area contributed by atoms with Crippen LogP contribution in [-0.4, -0.2) is 145 Å². The van der Waals surface area contributed by atoms with Crippen molar-refractivity contribution in [2.24, 2.45) is 0 Å². The number of rotatable bonds is 25. The second-order valence-corrected chi connectivity index (χ2v) is 22.9. The average Bonchev–Trinajstić information content (AvgIpc) is 0.960. The first-order valence-electron chi connectivity index (χ1n) is 28.0. The third kappa shape index (κ3) is 19.2. The summed E-state index contributed by atoms with van der Waals surface area (Å²) in [5.41, 5.74) is 3.17. The molecule has 5 aromatic rings. The highest BCUT2D eigenvalue weighted by Crippen LogP contribution is 2.39. The maximum absolute atomic E-state index is 14.3. The van der Waals surface area contributed by atoms with Crippen LogP contribution >= 0.6 is 34.8 Å². The molecule has 3 heterocycles. The summed E-state index contributed by atoms with van der Waals surface area (Å²) in [7, 11) is 0. The van der Waals surface area contributed by atoms with Crippen molar-refractivity contribution in [3.63, 3.8) is 0 Å². The monoisotopic (exact) mass is 1260 g/mol. The minimum Gasteiger partial charge on any atom is -0.463 e. The Balaban J connectivity index is 1.25. The molecule has 24 heteroatoms. The van der Waals surface area contributed by atoms with E-state index in [0.29, 0.717) is 5.56 Å². The summed E-state index contributed by atoms with van der Waals surface area (Å²) >= 11 is 18.5. The van der Waals surface area contributed by atoms with Gasteiger partial charge in [-0.1, -0.05) is 174 Å². The van der Waals surface area contributed by atoms with E-state index in [-0.39, 0.29) is 38.6 Å². The molecule has 5 aromatic carbocycles. The number of benzene rings is 5. The van der Waals surface area contributed by atoms with E-state index in [9.17, 15) is 24.0 Å². The fourth-order valence-corrected chi connectivity index (χ4v) is 10.2. The standard InChI is InChI=1S/C63H69Cl3N2O19/c1-37-50(76-32-43-23-13-7-14-24-43)55(57(60(79-37)87-62(67)63(64,65)66)84-58(73)46-29-19-10-20-30-46)86-59-49(68-38(2)69)53(52(80-40(4)71)48(82-59)36-75-39(3)70)85-61-56(81-41(5)72)54(78-34-45-27-17-9-18-28-45)51(77-33-44-25-15-8-16-26-44)47(83-61)35-74-31-42-21-11-6-12-22-42/h6-30,37,47-57,59-61,67H,31-36H2,1-5H3,(H,68,69)/t37-,47+,48+,49+,50-,51+,52+,53+,54-,55+,56+,57+,59+,60-,61+/m0/s1. The first-order chi connectivity index (χ1) is 41.8. The number of esters is 4. The lowest BCUT2D eigenvalue weighted by Gasteiger charge is -2.51. The Morgan fingerprint density at radius 2 is 0.920 bits per heavy atom. The molecule has 21 nitrogen and oxygen atoms in total. The van der Waals surface area contributed by atoms with E-state index in [1.807, 2.05) is 109 Å². The average molecular weight is 1260 g/mol. The zero-order valence-electron chi connectivity index (χ0n) is 48.2. The molecule has 0 spiro atoms. The zero-order valence-corrected chi connectivity index (χ0v) is 50.5. The number of carbonyl (C=O) groups is 5. The Morgan fingerprint density at radius 3 is 1.43 bits per heavy atom. The molecule has 0 saturated carbocycles. The number of ether oxygens (including phenoxy) is 14. The van der Waals surface area contributed by atoms with Crippen LogP contribution in [0.15, 0.2) is 152 Å². The van der Waals surface area contributed by atoms with Crippen LogP contribution in [0.5, 0.6) is 0 Å². The van der Waals surface area contributed by atoms with Crippen LogP contribution in [0.3, 0.4) is 0 Å². The Bertz CT molecular complexity index is 3010. The summed E-state index contributed by atoms with van der Waals surface area (Å²) in [5, 5.41) is 11.5.